The molecule has 1 heterocycles. The Bertz CT molecular complexity index is 365. The number of nitrogens with zero attached hydrogens (tertiary/aromatic N) is 2. The predicted molar refractivity (Wildman–Crippen MR) is 57.7 cm³/mol. The first kappa shape index (κ1) is 9.75. The molecule has 1 saturated carbocycles. The summed E-state index contributed by atoms with van der Waals surface area (Å²) in [7, 11) is 0. The molecule has 1 aromatic heterocycles. The standard InChI is InChI=1S/C9H10ClN3S/c10-9-8(7(4-11)14-13-9)12-5-6-2-1-3-6/h6,12H,1-3,5H2. The van der Waals surface area contributed by atoms with Gasteiger partial charge in [-0.15, -0.1) is 0 Å². The van der Waals surface area contributed by atoms with Crippen molar-refractivity contribution in [1.29, 1.82) is 5.26 Å². The molecular formula is C9H10ClN3S. The number of hydrogen-bond donors (Lipinski definition) is 1. The molecule has 1 aliphatic carbocycles. The number of anilines is 1. The molecule has 0 unspecified atom stereocenters. The normalized spacial score (nSPS) is 16.0. The van der Waals surface area contributed by atoms with Crippen LogP contribution < -0.4 is 5.32 Å². The van der Waals surface area contributed by atoms with Crippen LogP contribution >= 0.6 is 23.1 Å². The number of nitriles is 1. The molecule has 3 nitrogen and oxygen atoms in total. The lowest BCUT2D eigenvalue weighted by Gasteiger charge is -2.25. The maximum atomic E-state index is 8.79. The van der Waals surface area contributed by atoms with Gasteiger partial charge < -0.3 is 5.32 Å². The molecule has 0 bridgehead atoms. The third-order valence-electron chi connectivity index (χ3n) is 2.54. The smallest absolute Gasteiger partial charge is 0.167 e. The van der Waals surface area contributed by atoms with Crippen molar-refractivity contribution in [2.75, 3.05) is 11.9 Å². The molecular weight excluding hydrogens is 218 g/mol. The first-order chi connectivity index (χ1) is 6.81. The highest BCUT2D eigenvalue weighted by Gasteiger charge is 2.19. The van der Waals surface area contributed by atoms with Crippen LogP contribution in [0.4, 0.5) is 5.69 Å². The van der Waals surface area contributed by atoms with Gasteiger partial charge in [0.1, 0.15) is 16.6 Å². The van der Waals surface area contributed by atoms with E-state index < -0.39 is 0 Å². The van der Waals surface area contributed by atoms with Gasteiger partial charge >= 0.3 is 0 Å². The second-order valence-electron chi connectivity index (χ2n) is 3.47. The van der Waals surface area contributed by atoms with E-state index in [9.17, 15) is 0 Å². The molecule has 14 heavy (non-hydrogen) atoms. The Kier molecular flexibility index (Phi) is 2.90. The summed E-state index contributed by atoms with van der Waals surface area (Å²) in [5.74, 6) is 0.748. The van der Waals surface area contributed by atoms with Gasteiger partial charge in [0.15, 0.2) is 5.15 Å². The van der Waals surface area contributed by atoms with E-state index in [1.54, 1.807) is 0 Å². The van der Waals surface area contributed by atoms with E-state index in [0.29, 0.717) is 15.7 Å². The van der Waals surface area contributed by atoms with Gasteiger partial charge in [-0.25, -0.2) is 0 Å². The minimum absolute atomic E-state index is 0.422. The summed E-state index contributed by atoms with van der Waals surface area (Å²) in [5, 5.41) is 12.4. The van der Waals surface area contributed by atoms with E-state index in [-0.39, 0.29) is 0 Å². The van der Waals surface area contributed by atoms with Crippen molar-refractivity contribution in [3.63, 3.8) is 0 Å². The fourth-order valence-electron chi connectivity index (χ4n) is 1.44. The summed E-state index contributed by atoms with van der Waals surface area (Å²) in [6.07, 6.45) is 3.89. The van der Waals surface area contributed by atoms with Crippen molar-refractivity contribution in [1.82, 2.24) is 4.37 Å². The monoisotopic (exact) mass is 227 g/mol. The molecule has 0 radical (unpaired) electrons. The minimum Gasteiger partial charge on any atom is -0.380 e. The van der Waals surface area contributed by atoms with Gasteiger partial charge in [-0.05, 0) is 30.3 Å². The van der Waals surface area contributed by atoms with Gasteiger partial charge in [-0.3, -0.25) is 0 Å². The van der Waals surface area contributed by atoms with E-state index in [2.05, 4.69) is 15.8 Å². The molecule has 0 amide bonds. The lowest BCUT2D eigenvalue weighted by atomic mass is 9.85. The summed E-state index contributed by atoms with van der Waals surface area (Å²) in [6.45, 7) is 0.910. The van der Waals surface area contributed by atoms with Gasteiger partial charge in [-0.2, -0.15) is 9.64 Å². The Morgan fingerprint density at radius 1 is 1.64 bits per heavy atom. The minimum atomic E-state index is 0.422. The Balaban J connectivity index is 2.00. The van der Waals surface area contributed by atoms with Crippen LogP contribution in [-0.4, -0.2) is 10.9 Å². The van der Waals surface area contributed by atoms with Gasteiger partial charge in [0, 0.05) is 6.54 Å². The van der Waals surface area contributed by atoms with E-state index in [1.807, 2.05) is 0 Å². The second kappa shape index (κ2) is 4.16. The van der Waals surface area contributed by atoms with Crippen LogP contribution in [-0.2, 0) is 0 Å². The molecule has 0 saturated heterocycles. The van der Waals surface area contributed by atoms with Crippen LogP contribution in [0, 0.1) is 17.2 Å². The molecule has 1 N–H and O–H groups in total. The summed E-state index contributed by atoms with van der Waals surface area (Å²) in [6, 6.07) is 2.09. The fraction of sp³-hybridized carbons (Fsp3) is 0.556. The van der Waals surface area contributed by atoms with E-state index in [0.717, 1.165) is 24.0 Å². The number of nitrogens with one attached hydrogen (secondary N) is 1. The van der Waals surface area contributed by atoms with Crippen molar-refractivity contribution in [2.45, 2.75) is 19.3 Å². The molecule has 1 aromatic rings. The maximum absolute atomic E-state index is 8.79. The molecule has 74 valence electrons. The van der Waals surface area contributed by atoms with Crippen LogP contribution in [0.3, 0.4) is 0 Å². The van der Waals surface area contributed by atoms with Crippen LogP contribution in [0.1, 0.15) is 24.1 Å². The third-order valence-corrected chi connectivity index (χ3v) is 3.67. The van der Waals surface area contributed by atoms with E-state index >= 15 is 0 Å². The molecule has 1 fully saturated rings. The number of halogens is 1. The van der Waals surface area contributed by atoms with E-state index in [1.165, 1.54) is 19.3 Å². The van der Waals surface area contributed by atoms with Crippen molar-refractivity contribution < 1.29 is 0 Å². The van der Waals surface area contributed by atoms with Crippen molar-refractivity contribution in [3.8, 4) is 6.07 Å². The number of hydrogen-bond acceptors (Lipinski definition) is 4. The van der Waals surface area contributed by atoms with Crippen LogP contribution in [0.15, 0.2) is 0 Å². The first-order valence-electron chi connectivity index (χ1n) is 4.60. The van der Waals surface area contributed by atoms with Gasteiger partial charge in [0.05, 0.1) is 0 Å². The molecule has 0 atom stereocenters. The highest BCUT2D eigenvalue weighted by molar-refractivity contribution is 7.07. The summed E-state index contributed by atoms with van der Waals surface area (Å²) in [5.41, 5.74) is 0.714. The van der Waals surface area contributed by atoms with Crippen LogP contribution in [0.2, 0.25) is 5.15 Å². The molecule has 0 spiro atoms. The van der Waals surface area contributed by atoms with Crippen molar-refractivity contribution >= 4 is 28.8 Å². The average molecular weight is 228 g/mol. The highest BCUT2D eigenvalue weighted by atomic mass is 35.5. The summed E-state index contributed by atoms with van der Waals surface area (Å²) in [4.78, 5) is 0.578. The molecule has 5 heteroatoms. The first-order valence-corrected chi connectivity index (χ1v) is 5.75. The maximum Gasteiger partial charge on any atom is 0.167 e. The number of rotatable bonds is 3. The highest BCUT2D eigenvalue weighted by Crippen LogP contribution is 2.31. The predicted octanol–water partition coefficient (Wildman–Crippen LogP) is 2.88. The third kappa shape index (κ3) is 1.84. The van der Waals surface area contributed by atoms with E-state index in [4.69, 9.17) is 16.9 Å². The SMILES string of the molecule is N#Cc1snc(Cl)c1NCC1CCC1. The molecule has 0 aliphatic heterocycles. The lowest BCUT2D eigenvalue weighted by molar-refractivity contribution is 0.333. The molecule has 0 aromatic carbocycles. The van der Waals surface area contributed by atoms with Crippen molar-refractivity contribution in [2.24, 2.45) is 5.92 Å². The Hall–Kier alpha value is -0.790. The Morgan fingerprint density at radius 2 is 2.43 bits per heavy atom. The van der Waals surface area contributed by atoms with Gasteiger partial charge in [0.2, 0.25) is 0 Å². The van der Waals surface area contributed by atoms with Crippen molar-refractivity contribution in [3.05, 3.63) is 10.0 Å². The zero-order chi connectivity index (χ0) is 9.97. The second-order valence-corrected chi connectivity index (χ2v) is 4.60. The topological polar surface area (TPSA) is 48.7 Å². The fourth-order valence-corrected chi connectivity index (χ4v) is 2.33. The zero-order valence-electron chi connectivity index (χ0n) is 7.59. The molecule has 1 aliphatic rings. The lowest BCUT2D eigenvalue weighted by Crippen LogP contribution is -2.21. The average Bonchev–Trinajstić information content (AvgIpc) is 2.45. The molecule has 2 rings (SSSR count). The Morgan fingerprint density at radius 3 is 3.00 bits per heavy atom. The van der Waals surface area contributed by atoms with Crippen LogP contribution in [0.5, 0.6) is 0 Å². The van der Waals surface area contributed by atoms with Crippen LogP contribution in [0.25, 0.3) is 0 Å². The van der Waals surface area contributed by atoms with Gasteiger partial charge in [-0.1, -0.05) is 18.0 Å². The Labute approximate surface area is 91.9 Å². The zero-order valence-corrected chi connectivity index (χ0v) is 9.16. The number of aromatic nitrogens is 1. The summed E-state index contributed by atoms with van der Waals surface area (Å²) < 4.78 is 3.93. The van der Waals surface area contributed by atoms with Gasteiger partial charge in [0.25, 0.3) is 0 Å². The largest absolute Gasteiger partial charge is 0.380 e. The quantitative estimate of drug-likeness (QED) is 0.864. The summed E-state index contributed by atoms with van der Waals surface area (Å²) >= 11 is 7.00.